The van der Waals surface area contributed by atoms with Crippen LogP contribution >= 0.6 is 0 Å². The van der Waals surface area contributed by atoms with Gasteiger partial charge >= 0.3 is 24.2 Å². The highest BCUT2D eigenvalue weighted by Crippen LogP contribution is 2.44. The van der Waals surface area contributed by atoms with Crippen molar-refractivity contribution in [1.29, 1.82) is 0 Å². The first kappa shape index (κ1) is 24.0. The number of aliphatic carboxylic acids is 1. The molecule has 2 amide bonds. The summed E-state index contributed by atoms with van der Waals surface area (Å²) in [5.41, 5.74) is 3.59. The molecule has 0 saturated heterocycles. The second-order valence-corrected chi connectivity index (χ2v) is 7.17. The third-order valence-corrected chi connectivity index (χ3v) is 4.98. The lowest BCUT2D eigenvalue weighted by molar-refractivity contribution is -0.185. The second-order valence-electron chi connectivity index (χ2n) is 7.17. The maximum Gasteiger partial charge on any atom is 0.419 e. The third kappa shape index (κ3) is 5.21. The van der Waals surface area contributed by atoms with Crippen molar-refractivity contribution >= 4 is 18.0 Å². The first-order chi connectivity index (χ1) is 15.4. The predicted octanol–water partition coefficient (Wildman–Crippen LogP) is 3.29. The second kappa shape index (κ2) is 9.04. The van der Waals surface area contributed by atoms with Gasteiger partial charge in [-0.2, -0.15) is 22.0 Å². The van der Waals surface area contributed by atoms with E-state index < -0.39 is 42.7 Å². The molecule has 2 aromatic carbocycles. The molecule has 7 nitrogen and oxygen atoms in total. The summed E-state index contributed by atoms with van der Waals surface area (Å²) in [6, 6.07) is 11.2. The number of carbonyl (C=O) groups is 3. The zero-order valence-corrected chi connectivity index (χ0v) is 16.7. The van der Waals surface area contributed by atoms with Gasteiger partial charge in [-0.1, -0.05) is 48.5 Å². The maximum atomic E-state index is 13.9. The molecule has 2 aromatic rings. The van der Waals surface area contributed by atoms with Crippen LogP contribution in [0.5, 0.6) is 0 Å². The standard InChI is InChI=1S/C21H17F5N2O5/c22-20(23,18(31)28-16(17(29)30)21(24,25)26)10-27-19(32)33-9-15-13-7-3-1-5-11(13)12-6-2-4-8-14(12)15/h1-8,15-16H,9-10H2,(H,27,32)(H,28,31)(H,29,30). The van der Waals surface area contributed by atoms with Crippen LogP contribution in [-0.2, 0) is 14.3 Å². The van der Waals surface area contributed by atoms with E-state index in [0.29, 0.717) is 5.32 Å². The summed E-state index contributed by atoms with van der Waals surface area (Å²) in [5.74, 6) is -9.96. The van der Waals surface area contributed by atoms with Crippen molar-refractivity contribution in [2.45, 2.75) is 24.1 Å². The predicted molar refractivity (Wildman–Crippen MR) is 104 cm³/mol. The number of benzene rings is 2. The molecule has 176 valence electrons. The fourth-order valence-electron chi connectivity index (χ4n) is 3.43. The lowest BCUT2D eigenvalue weighted by Crippen LogP contribution is -2.57. The van der Waals surface area contributed by atoms with Gasteiger partial charge in [-0.3, -0.25) is 4.79 Å². The minimum Gasteiger partial charge on any atom is -0.479 e. The van der Waals surface area contributed by atoms with Crippen molar-refractivity contribution in [3.63, 3.8) is 0 Å². The quantitative estimate of drug-likeness (QED) is 0.537. The van der Waals surface area contributed by atoms with Gasteiger partial charge in [-0.25, -0.2) is 9.59 Å². The van der Waals surface area contributed by atoms with Crippen LogP contribution in [0, 0.1) is 0 Å². The first-order valence-electron chi connectivity index (χ1n) is 9.49. The topological polar surface area (TPSA) is 105 Å². The van der Waals surface area contributed by atoms with E-state index in [0.717, 1.165) is 22.3 Å². The van der Waals surface area contributed by atoms with E-state index in [2.05, 4.69) is 0 Å². The van der Waals surface area contributed by atoms with Crippen molar-refractivity contribution < 1.29 is 46.2 Å². The number of rotatable bonds is 7. The van der Waals surface area contributed by atoms with Crippen molar-refractivity contribution in [3.8, 4) is 11.1 Å². The average molecular weight is 472 g/mol. The van der Waals surface area contributed by atoms with Gasteiger partial charge in [0, 0.05) is 5.92 Å². The van der Waals surface area contributed by atoms with Crippen LogP contribution in [0.25, 0.3) is 11.1 Å². The summed E-state index contributed by atoms with van der Waals surface area (Å²) in [6.07, 6.45) is -6.81. The average Bonchev–Trinajstić information content (AvgIpc) is 3.07. The number of hydrogen-bond acceptors (Lipinski definition) is 4. The van der Waals surface area contributed by atoms with E-state index >= 15 is 0 Å². The molecule has 1 aliphatic carbocycles. The van der Waals surface area contributed by atoms with E-state index in [1.165, 1.54) is 0 Å². The van der Waals surface area contributed by atoms with Gasteiger partial charge in [0.1, 0.15) is 6.61 Å². The molecule has 0 bridgehead atoms. The normalized spacial score (nSPS) is 14.1. The number of hydrogen-bond donors (Lipinski definition) is 3. The van der Waals surface area contributed by atoms with Crippen LogP contribution in [0.3, 0.4) is 0 Å². The van der Waals surface area contributed by atoms with Gasteiger partial charge in [-0.15, -0.1) is 0 Å². The molecular formula is C21H17F5N2O5. The molecule has 0 saturated carbocycles. The Morgan fingerprint density at radius 3 is 1.94 bits per heavy atom. The minimum absolute atomic E-state index is 0.215. The summed E-state index contributed by atoms with van der Waals surface area (Å²) in [4.78, 5) is 34.0. The van der Waals surface area contributed by atoms with Gasteiger partial charge in [0.15, 0.2) is 0 Å². The van der Waals surface area contributed by atoms with Crippen molar-refractivity contribution in [1.82, 2.24) is 10.6 Å². The molecule has 0 fully saturated rings. The monoisotopic (exact) mass is 472 g/mol. The number of amides is 2. The van der Waals surface area contributed by atoms with E-state index in [1.807, 2.05) is 36.4 Å². The largest absolute Gasteiger partial charge is 0.479 e. The van der Waals surface area contributed by atoms with E-state index in [4.69, 9.17) is 9.84 Å². The molecule has 0 heterocycles. The lowest BCUT2D eigenvalue weighted by atomic mass is 9.98. The highest BCUT2D eigenvalue weighted by molar-refractivity contribution is 5.89. The van der Waals surface area contributed by atoms with Crippen LogP contribution in [0.4, 0.5) is 26.7 Å². The molecule has 0 spiro atoms. The van der Waals surface area contributed by atoms with Crippen molar-refractivity contribution in [3.05, 3.63) is 59.7 Å². The Labute approximate surface area is 183 Å². The lowest BCUT2D eigenvalue weighted by Gasteiger charge is -2.22. The summed E-state index contributed by atoms with van der Waals surface area (Å²) in [5, 5.41) is 10.8. The number of fused-ring (bicyclic) bond motifs is 3. The molecule has 12 heteroatoms. The van der Waals surface area contributed by atoms with Gasteiger partial charge in [0.2, 0.25) is 6.04 Å². The Morgan fingerprint density at radius 2 is 1.45 bits per heavy atom. The highest BCUT2D eigenvalue weighted by atomic mass is 19.4. The number of alkyl carbamates (subject to hydrolysis) is 1. The van der Waals surface area contributed by atoms with Crippen LogP contribution in [0.2, 0.25) is 0 Å². The van der Waals surface area contributed by atoms with Crippen LogP contribution in [0.15, 0.2) is 48.5 Å². The Bertz CT molecular complexity index is 1030. The zero-order valence-electron chi connectivity index (χ0n) is 16.7. The molecule has 33 heavy (non-hydrogen) atoms. The van der Waals surface area contributed by atoms with Crippen LogP contribution in [0.1, 0.15) is 17.0 Å². The molecular weight excluding hydrogens is 455 g/mol. The molecule has 1 unspecified atom stereocenters. The number of carboxylic acids is 1. The molecule has 1 atom stereocenters. The van der Waals surface area contributed by atoms with E-state index in [1.54, 1.807) is 17.4 Å². The highest BCUT2D eigenvalue weighted by Gasteiger charge is 2.50. The van der Waals surface area contributed by atoms with E-state index in [-0.39, 0.29) is 12.5 Å². The smallest absolute Gasteiger partial charge is 0.419 e. The molecule has 3 rings (SSSR count). The van der Waals surface area contributed by atoms with Crippen LogP contribution in [-0.4, -0.2) is 54.4 Å². The molecule has 0 radical (unpaired) electrons. The van der Waals surface area contributed by atoms with Crippen LogP contribution < -0.4 is 10.6 Å². The number of alkyl halides is 5. The number of carboxylic acid groups (broad SMARTS) is 1. The molecule has 0 aliphatic heterocycles. The maximum absolute atomic E-state index is 13.9. The third-order valence-electron chi connectivity index (χ3n) is 4.98. The zero-order chi connectivity index (χ0) is 24.4. The van der Waals surface area contributed by atoms with Gasteiger partial charge in [0.05, 0.1) is 6.54 Å². The fourth-order valence-corrected chi connectivity index (χ4v) is 3.43. The van der Waals surface area contributed by atoms with Crippen molar-refractivity contribution in [2.24, 2.45) is 0 Å². The van der Waals surface area contributed by atoms with Crippen molar-refractivity contribution in [2.75, 3.05) is 13.2 Å². The number of halogens is 5. The van der Waals surface area contributed by atoms with Gasteiger partial charge in [-0.05, 0) is 22.3 Å². The molecule has 0 aromatic heterocycles. The Kier molecular flexibility index (Phi) is 6.56. The fraction of sp³-hybridized carbons (Fsp3) is 0.286. The number of ether oxygens (including phenoxy) is 1. The summed E-state index contributed by atoms with van der Waals surface area (Å²) in [6.45, 7) is -1.91. The van der Waals surface area contributed by atoms with Gasteiger partial charge < -0.3 is 20.5 Å². The van der Waals surface area contributed by atoms with Gasteiger partial charge in [0.25, 0.3) is 5.91 Å². The summed E-state index contributed by atoms with van der Waals surface area (Å²) >= 11 is 0. The first-order valence-corrected chi connectivity index (χ1v) is 9.49. The molecule has 3 N–H and O–H groups in total. The minimum atomic E-state index is -5.49. The summed E-state index contributed by atoms with van der Waals surface area (Å²) in [7, 11) is 0. The number of nitrogens with one attached hydrogen (secondary N) is 2. The Balaban J connectivity index is 1.58. The summed E-state index contributed by atoms with van der Waals surface area (Å²) < 4.78 is 70.5. The molecule has 1 aliphatic rings. The SMILES string of the molecule is O=C(NCC(F)(F)C(=O)NC(C(=O)O)C(F)(F)F)OCC1c2ccccc2-c2ccccc21. The number of carbonyl (C=O) groups excluding carboxylic acids is 2. The van der Waals surface area contributed by atoms with E-state index in [9.17, 15) is 36.3 Å². The Morgan fingerprint density at radius 1 is 0.939 bits per heavy atom. The Hall–Kier alpha value is -3.70.